The first-order valence-electron chi connectivity index (χ1n) is 6.79. The van der Waals surface area contributed by atoms with Gasteiger partial charge in [-0.2, -0.15) is 5.10 Å². The molecule has 19 heavy (non-hydrogen) atoms. The van der Waals surface area contributed by atoms with Crippen LogP contribution in [0.4, 0.5) is 0 Å². The Kier molecular flexibility index (Phi) is 4.25. The van der Waals surface area contributed by atoms with E-state index in [-0.39, 0.29) is 29.4 Å². The van der Waals surface area contributed by atoms with E-state index in [1.807, 2.05) is 6.92 Å². The molecule has 0 saturated carbocycles. The predicted octanol–water partition coefficient (Wildman–Crippen LogP) is 0.137. The summed E-state index contributed by atoms with van der Waals surface area (Å²) in [7, 11) is -3.00. The van der Waals surface area contributed by atoms with Crippen molar-refractivity contribution in [2.75, 3.05) is 18.1 Å². The molecule has 0 bridgehead atoms. The first-order valence-corrected chi connectivity index (χ1v) is 8.61. The topological polar surface area (TPSA) is 92.8 Å². The molecule has 0 aromatic heterocycles. The van der Waals surface area contributed by atoms with Crippen molar-refractivity contribution in [3.8, 4) is 0 Å². The average Bonchev–Trinajstić information content (AvgIpc) is 2.84. The molecule has 2 unspecified atom stereocenters. The van der Waals surface area contributed by atoms with Gasteiger partial charge in [-0.05, 0) is 25.8 Å². The molecule has 0 aliphatic carbocycles. The minimum Gasteiger partial charge on any atom is -0.330 e. The molecular formula is C12H21N3O3S. The van der Waals surface area contributed by atoms with E-state index < -0.39 is 9.84 Å². The molecule has 1 saturated heterocycles. The number of carbonyl (C=O) groups is 1. The third-order valence-electron chi connectivity index (χ3n) is 3.68. The number of amides is 1. The molecule has 2 heterocycles. The van der Waals surface area contributed by atoms with Gasteiger partial charge in [0.05, 0.1) is 29.2 Å². The number of nitrogens with zero attached hydrogens (tertiary/aromatic N) is 2. The highest BCUT2D eigenvalue weighted by Gasteiger charge is 2.42. The normalized spacial score (nSPS) is 29.9. The lowest BCUT2D eigenvalue weighted by Gasteiger charge is -2.19. The monoisotopic (exact) mass is 287 g/mol. The van der Waals surface area contributed by atoms with Crippen LogP contribution in [0.2, 0.25) is 0 Å². The lowest BCUT2D eigenvalue weighted by atomic mass is 9.96. The molecule has 0 spiro atoms. The SMILES string of the molecule is CCCC1=NN(C2CCS(=O)(=O)C2)C(=O)C1CCN. The van der Waals surface area contributed by atoms with Gasteiger partial charge in [-0.25, -0.2) is 13.4 Å². The number of carbonyl (C=O) groups excluding carboxylic acids is 1. The number of hydrogen-bond donors (Lipinski definition) is 1. The summed E-state index contributed by atoms with van der Waals surface area (Å²) in [5, 5.41) is 5.80. The minimum atomic E-state index is -3.00. The largest absolute Gasteiger partial charge is 0.330 e. The molecule has 0 aromatic rings. The van der Waals surface area contributed by atoms with E-state index in [1.54, 1.807) is 0 Å². The van der Waals surface area contributed by atoms with Crippen LogP contribution < -0.4 is 5.73 Å². The highest BCUT2D eigenvalue weighted by molar-refractivity contribution is 7.91. The fourth-order valence-electron chi connectivity index (χ4n) is 2.73. The molecule has 1 fully saturated rings. The van der Waals surface area contributed by atoms with Crippen LogP contribution in [0.15, 0.2) is 5.10 Å². The maximum absolute atomic E-state index is 12.3. The summed E-state index contributed by atoms with van der Waals surface area (Å²) in [6.45, 7) is 2.48. The van der Waals surface area contributed by atoms with Crippen molar-refractivity contribution in [3.05, 3.63) is 0 Å². The minimum absolute atomic E-state index is 0.0387. The Morgan fingerprint density at radius 1 is 1.47 bits per heavy atom. The van der Waals surface area contributed by atoms with E-state index in [1.165, 1.54) is 5.01 Å². The molecule has 2 rings (SSSR count). The van der Waals surface area contributed by atoms with Crippen molar-refractivity contribution in [2.24, 2.45) is 16.8 Å². The van der Waals surface area contributed by atoms with Crippen LogP contribution in [-0.4, -0.2) is 49.1 Å². The summed E-state index contributed by atoms with van der Waals surface area (Å²) < 4.78 is 23.0. The second-order valence-electron chi connectivity index (χ2n) is 5.21. The third kappa shape index (κ3) is 2.97. The molecule has 6 nitrogen and oxygen atoms in total. The smallest absolute Gasteiger partial charge is 0.251 e. The van der Waals surface area contributed by atoms with E-state index >= 15 is 0 Å². The van der Waals surface area contributed by atoms with Crippen LogP contribution in [0.5, 0.6) is 0 Å². The molecule has 108 valence electrons. The maximum Gasteiger partial charge on any atom is 0.251 e. The van der Waals surface area contributed by atoms with Gasteiger partial charge in [0.2, 0.25) is 0 Å². The molecule has 2 aliphatic rings. The van der Waals surface area contributed by atoms with Gasteiger partial charge in [0, 0.05) is 0 Å². The molecule has 2 atom stereocenters. The molecule has 0 radical (unpaired) electrons. The van der Waals surface area contributed by atoms with Crippen molar-refractivity contribution < 1.29 is 13.2 Å². The van der Waals surface area contributed by atoms with E-state index in [4.69, 9.17) is 5.73 Å². The van der Waals surface area contributed by atoms with Gasteiger partial charge >= 0.3 is 0 Å². The lowest BCUT2D eigenvalue weighted by molar-refractivity contribution is -0.133. The quantitative estimate of drug-likeness (QED) is 0.778. The summed E-state index contributed by atoms with van der Waals surface area (Å²) in [6, 6.07) is -0.285. The first kappa shape index (κ1) is 14.5. The summed E-state index contributed by atoms with van der Waals surface area (Å²) >= 11 is 0. The van der Waals surface area contributed by atoms with E-state index in [2.05, 4.69) is 5.10 Å². The molecule has 2 aliphatic heterocycles. The van der Waals surface area contributed by atoms with Crippen LogP contribution in [0.1, 0.15) is 32.6 Å². The van der Waals surface area contributed by atoms with Crippen molar-refractivity contribution >= 4 is 21.5 Å². The van der Waals surface area contributed by atoms with Gasteiger partial charge in [-0.1, -0.05) is 13.3 Å². The molecule has 0 aromatic carbocycles. The Morgan fingerprint density at radius 2 is 2.21 bits per heavy atom. The zero-order valence-corrected chi connectivity index (χ0v) is 12.0. The average molecular weight is 287 g/mol. The van der Waals surface area contributed by atoms with Gasteiger partial charge in [0.25, 0.3) is 5.91 Å². The van der Waals surface area contributed by atoms with Gasteiger partial charge in [0.1, 0.15) is 0 Å². The molecular weight excluding hydrogens is 266 g/mol. The molecule has 1 amide bonds. The summed E-state index contributed by atoms with van der Waals surface area (Å²) in [6.07, 6.45) is 2.77. The number of hydrogen-bond acceptors (Lipinski definition) is 5. The van der Waals surface area contributed by atoms with Crippen LogP contribution in [0.3, 0.4) is 0 Å². The van der Waals surface area contributed by atoms with Crippen molar-refractivity contribution in [2.45, 2.75) is 38.6 Å². The standard InChI is InChI=1S/C12H21N3O3S/c1-2-3-11-10(4-6-13)12(16)15(14-11)9-5-7-19(17,18)8-9/h9-10H,2-8,13H2,1H3. The highest BCUT2D eigenvalue weighted by Crippen LogP contribution is 2.27. The predicted molar refractivity (Wildman–Crippen MR) is 73.4 cm³/mol. The van der Waals surface area contributed by atoms with Crippen molar-refractivity contribution in [1.29, 1.82) is 0 Å². The second kappa shape index (κ2) is 5.58. The van der Waals surface area contributed by atoms with Crippen molar-refractivity contribution in [1.82, 2.24) is 5.01 Å². The number of hydrazone groups is 1. The van der Waals surface area contributed by atoms with Crippen molar-refractivity contribution in [3.63, 3.8) is 0 Å². The molecule has 7 heteroatoms. The Balaban J connectivity index is 2.16. The van der Waals surface area contributed by atoms with Gasteiger partial charge in [-0.3, -0.25) is 4.79 Å². The third-order valence-corrected chi connectivity index (χ3v) is 5.43. The fraction of sp³-hybridized carbons (Fsp3) is 0.833. The van der Waals surface area contributed by atoms with E-state index in [0.29, 0.717) is 19.4 Å². The fourth-order valence-corrected chi connectivity index (χ4v) is 4.42. The van der Waals surface area contributed by atoms with Crippen LogP contribution in [0, 0.1) is 5.92 Å². The van der Waals surface area contributed by atoms with Gasteiger partial charge in [0.15, 0.2) is 9.84 Å². The van der Waals surface area contributed by atoms with Crippen LogP contribution in [-0.2, 0) is 14.6 Å². The highest BCUT2D eigenvalue weighted by atomic mass is 32.2. The Hall–Kier alpha value is -0.950. The zero-order valence-electron chi connectivity index (χ0n) is 11.2. The van der Waals surface area contributed by atoms with E-state index in [9.17, 15) is 13.2 Å². The second-order valence-corrected chi connectivity index (χ2v) is 7.44. The number of nitrogens with two attached hydrogens (primary N) is 1. The Labute approximate surface area is 113 Å². The number of sulfone groups is 1. The van der Waals surface area contributed by atoms with Crippen LogP contribution >= 0.6 is 0 Å². The first-order chi connectivity index (χ1) is 8.98. The summed E-state index contributed by atoms with van der Waals surface area (Å²) in [5.41, 5.74) is 6.41. The van der Waals surface area contributed by atoms with Gasteiger partial charge in [-0.15, -0.1) is 0 Å². The number of rotatable bonds is 5. The summed E-state index contributed by atoms with van der Waals surface area (Å²) in [5.74, 6) is -0.122. The Morgan fingerprint density at radius 3 is 2.74 bits per heavy atom. The zero-order chi connectivity index (χ0) is 14.0. The lowest BCUT2D eigenvalue weighted by Crippen LogP contribution is -2.37. The Bertz CT molecular complexity index is 486. The van der Waals surface area contributed by atoms with Gasteiger partial charge < -0.3 is 5.73 Å². The molecule has 2 N–H and O–H groups in total. The summed E-state index contributed by atoms with van der Waals surface area (Å²) in [4.78, 5) is 12.3. The van der Waals surface area contributed by atoms with E-state index in [0.717, 1.165) is 18.6 Å². The maximum atomic E-state index is 12.3. The van der Waals surface area contributed by atoms with Crippen LogP contribution in [0.25, 0.3) is 0 Å².